The Kier molecular flexibility index (Phi) is 4.65. The minimum atomic E-state index is -0.133. The maximum atomic E-state index is 8.78. The Hall–Kier alpha value is -0.840. The van der Waals surface area contributed by atoms with Gasteiger partial charge in [-0.25, -0.2) is 0 Å². The van der Waals surface area contributed by atoms with E-state index in [0.29, 0.717) is 0 Å². The van der Waals surface area contributed by atoms with Gasteiger partial charge in [-0.1, -0.05) is 0 Å². The molecule has 4 N–H and O–H groups in total. The molecule has 0 amide bonds. The lowest BCUT2D eigenvalue weighted by Crippen LogP contribution is -2.38. The largest absolute Gasteiger partial charge is 0.395 e. The molecule has 1 unspecified atom stereocenters. The highest BCUT2D eigenvalue weighted by atomic mass is 16.3. The van der Waals surface area contributed by atoms with E-state index in [1.165, 1.54) is 5.56 Å². The van der Waals surface area contributed by atoms with Crippen molar-refractivity contribution in [1.29, 1.82) is 0 Å². The smallest absolute Gasteiger partial charge is 0.0595 e. The van der Waals surface area contributed by atoms with Crippen LogP contribution in [-0.2, 0) is 6.42 Å². The van der Waals surface area contributed by atoms with Gasteiger partial charge in [-0.05, 0) is 25.1 Å². The first-order valence-corrected chi connectivity index (χ1v) is 4.89. The van der Waals surface area contributed by atoms with Crippen LogP contribution in [0, 0.1) is 0 Å². The summed E-state index contributed by atoms with van der Waals surface area (Å²) in [7, 11) is 2.02. The summed E-state index contributed by atoms with van der Waals surface area (Å²) in [6.45, 7) is 1.75. The van der Waals surface area contributed by atoms with E-state index in [4.69, 9.17) is 10.8 Å². The summed E-state index contributed by atoms with van der Waals surface area (Å²) in [5, 5.41) is 8.78. The Labute approximate surface area is 84.7 Å². The first kappa shape index (κ1) is 11.2. The molecule has 80 valence electrons. The van der Waals surface area contributed by atoms with Crippen LogP contribution in [-0.4, -0.2) is 47.8 Å². The molecule has 4 nitrogen and oxygen atoms in total. The number of rotatable bonds is 6. The zero-order valence-electron chi connectivity index (χ0n) is 8.61. The molecule has 0 aliphatic heterocycles. The number of nitrogens with two attached hydrogens (primary N) is 1. The van der Waals surface area contributed by atoms with Crippen LogP contribution in [0.3, 0.4) is 0 Å². The lowest BCUT2D eigenvalue weighted by atomic mass is 10.2. The number of hydrogen-bond donors (Lipinski definition) is 3. The van der Waals surface area contributed by atoms with Gasteiger partial charge in [0.1, 0.15) is 0 Å². The van der Waals surface area contributed by atoms with Gasteiger partial charge < -0.3 is 20.7 Å². The van der Waals surface area contributed by atoms with Gasteiger partial charge in [0.25, 0.3) is 0 Å². The first-order chi connectivity index (χ1) is 6.72. The minimum Gasteiger partial charge on any atom is -0.395 e. The quantitative estimate of drug-likeness (QED) is 0.592. The van der Waals surface area contributed by atoms with E-state index in [1.54, 1.807) is 0 Å². The van der Waals surface area contributed by atoms with Crippen LogP contribution >= 0.6 is 0 Å². The molecule has 1 aromatic rings. The fraction of sp³-hybridized carbons (Fsp3) is 0.600. The number of aliphatic hydroxyl groups is 1. The van der Waals surface area contributed by atoms with Crippen molar-refractivity contribution in [1.82, 2.24) is 9.88 Å². The summed E-state index contributed by atoms with van der Waals surface area (Å²) < 4.78 is 0. The summed E-state index contributed by atoms with van der Waals surface area (Å²) >= 11 is 0. The van der Waals surface area contributed by atoms with Crippen LogP contribution in [0.15, 0.2) is 18.5 Å². The second-order valence-electron chi connectivity index (χ2n) is 3.67. The molecule has 0 aliphatic carbocycles. The molecule has 0 radical (unpaired) electrons. The van der Waals surface area contributed by atoms with E-state index in [0.717, 1.165) is 19.5 Å². The monoisotopic (exact) mass is 197 g/mol. The molecule has 1 atom stereocenters. The Morgan fingerprint density at radius 3 is 3.00 bits per heavy atom. The lowest BCUT2D eigenvalue weighted by molar-refractivity contribution is 0.223. The van der Waals surface area contributed by atoms with Gasteiger partial charge in [0.05, 0.1) is 6.61 Å². The molecule has 0 saturated heterocycles. The number of likely N-dealkylation sites (N-methyl/N-ethyl adjacent to an activating group) is 1. The second-order valence-corrected chi connectivity index (χ2v) is 3.67. The normalized spacial score (nSPS) is 13.4. The van der Waals surface area contributed by atoms with Crippen molar-refractivity contribution in [3.8, 4) is 0 Å². The van der Waals surface area contributed by atoms with Gasteiger partial charge in [-0.3, -0.25) is 0 Å². The average Bonchev–Trinajstić information content (AvgIpc) is 2.67. The predicted molar refractivity (Wildman–Crippen MR) is 57.1 cm³/mol. The van der Waals surface area contributed by atoms with Crippen molar-refractivity contribution in [2.24, 2.45) is 5.73 Å². The summed E-state index contributed by atoms with van der Waals surface area (Å²) in [5.41, 5.74) is 6.93. The highest BCUT2D eigenvalue weighted by Crippen LogP contribution is 1.99. The third-order valence-electron chi connectivity index (χ3n) is 2.23. The van der Waals surface area contributed by atoms with Crippen LogP contribution in [0.2, 0.25) is 0 Å². The van der Waals surface area contributed by atoms with Crippen LogP contribution in [0.1, 0.15) is 5.56 Å². The van der Waals surface area contributed by atoms with E-state index < -0.39 is 0 Å². The topological polar surface area (TPSA) is 65.3 Å². The van der Waals surface area contributed by atoms with E-state index in [1.807, 2.05) is 19.4 Å². The number of nitrogens with zero attached hydrogens (tertiary/aromatic N) is 1. The molecule has 14 heavy (non-hydrogen) atoms. The Balaban J connectivity index is 2.18. The zero-order chi connectivity index (χ0) is 10.4. The molecule has 4 heteroatoms. The van der Waals surface area contributed by atoms with Crippen LogP contribution in [0.25, 0.3) is 0 Å². The minimum absolute atomic E-state index is 0.0501. The third-order valence-corrected chi connectivity index (χ3v) is 2.23. The molecular weight excluding hydrogens is 178 g/mol. The molecular formula is C10H19N3O. The van der Waals surface area contributed by atoms with E-state index >= 15 is 0 Å². The van der Waals surface area contributed by atoms with E-state index in [2.05, 4.69) is 16.0 Å². The van der Waals surface area contributed by atoms with Crippen LogP contribution in [0.5, 0.6) is 0 Å². The number of nitrogens with one attached hydrogen (secondary N) is 1. The summed E-state index contributed by atoms with van der Waals surface area (Å²) in [4.78, 5) is 5.16. The maximum Gasteiger partial charge on any atom is 0.0595 e. The van der Waals surface area contributed by atoms with Crippen LogP contribution < -0.4 is 5.73 Å². The van der Waals surface area contributed by atoms with E-state index in [-0.39, 0.29) is 12.6 Å². The van der Waals surface area contributed by atoms with Gasteiger partial charge >= 0.3 is 0 Å². The molecule has 1 rings (SSSR count). The number of aromatic nitrogens is 1. The fourth-order valence-electron chi connectivity index (χ4n) is 1.38. The molecule has 0 fully saturated rings. The SMILES string of the molecule is CN(CCc1cc[nH]c1)CC(N)CO. The number of hydrogen-bond acceptors (Lipinski definition) is 3. The first-order valence-electron chi connectivity index (χ1n) is 4.89. The van der Waals surface area contributed by atoms with Crippen molar-refractivity contribution in [2.75, 3.05) is 26.7 Å². The standard InChI is InChI=1S/C10H19N3O/c1-13(7-10(11)8-14)5-3-9-2-4-12-6-9/h2,4,6,10,12,14H,3,5,7-8,11H2,1H3. The van der Waals surface area contributed by atoms with Gasteiger partial charge in [0.2, 0.25) is 0 Å². The van der Waals surface area contributed by atoms with Crippen LogP contribution in [0.4, 0.5) is 0 Å². The average molecular weight is 197 g/mol. The molecule has 0 bridgehead atoms. The maximum absolute atomic E-state index is 8.78. The predicted octanol–water partition coefficient (Wildman–Crippen LogP) is -0.191. The summed E-state index contributed by atoms with van der Waals surface area (Å²) in [6, 6.07) is 1.94. The Bertz CT molecular complexity index is 236. The second kappa shape index (κ2) is 5.80. The van der Waals surface area contributed by atoms with Crippen molar-refractivity contribution in [3.05, 3.63) is 24.0 Å². The molecule has 0 saturated carbocycles. The summed E-state index contributed by atoms with van der Waals surface area (Å²) in [6.07, 6.45) is 4.94. The van der Waals surface area contributed by atoms with Crippen molar-refractivity contribution >= 4 is 0 Å². The highest BCUT2D eigenvalue weighted by Gasteiger charge is 2.05. The Morgan fingerprint density at radius 2 is 2.43 bits per heavy atom. The molecule has 0 spiro atoms. The number of aromatic amines is 1. The summed E-state index contributed by atoms with van der Waals surface area (Å²) in [5.74, 6) is 0. The van der Waals surface area contributed by atoms with Gasteiger partial charge in [-0.2, -0.15) is 0 Å². The molecule has 0 aliphatic rings. The fourth-order valence-corrected chi connectivity index (χ4v) is 1.38. The Morgan fingerprint density at radius 1 is 1.64 bits per heavy atom. The van der Waals surface area contributed by atoms with Gasteiger partial charge in [0.15, 0.2) is 0 Å². The lowest BCUT2D eigenvalue weighted by Gasteiger charge is -2.19. The van der Waals surface area contributed by atoms with Gasteiger partial charge in [0, 0.05) is 31.5 Å². The molecule has 1 aromatic heterocycles. The van der Waals surface area contributed by atoms with Gasteiger partial charge in [-0.15, -0.1) is 0 Å². The molecule has 1 heterocycles. The van der Waals surface area contributed by atoms with Crippen molar-refractivity contribution in [2.45, 2.75) is 12.5 Å². The van der Waals surface area contributed by atoms with E-state index in [9.17, 15) is 0 Å². The number of aliphatic hydroxyl groups excluding tert-OH is 1. The van der Waals surface area contributed by atoms with Crippen molar-refractivity contribution in [3.63, 3.8) is 0 Å². The number of H-pyrrole nitrogens is 1. The van der Waals surface area contributed by atoms with Crippen molar-refractivity contribution < 1.29 is 5.11 Å². The zero-order valence-corrected chi connectivity index (χ0v) is 8.61. The third kappa shape index (κ3) is 3.91. The highest BCUT2D eigenvalue weighted by molar-refractivity contribution is 5.08. The molecule has 0 aromatic carbocycles.